The molecule has 5 heteroatoms. The van der Waals surface area contributed by atoms with Crippen LogP contribution in [0.4, 0.5) is 0 Å². The van der Waals surface area contributed by atoms with E-state index < -0.39 is 0 Å². The fourth-order valence-corrected chi connectivity index (χ4v) is 1.32. The molecule has 0 aromatic carbocycles. The van der Waals surface area contributed by atoms with E-state index in [0.29, 0.717) is 6.61 Å². The molecule has 0 saturated carbocycles. The lowest BCUT2D eigenvalue weighted by Gasteiger charge is -2.17. The molecule has 0 spiro atoms. The van der Waals surface area contributed by atoms with Crippen LogP contribution in [0.1, 0.15) is 11.7 Å². The Kier molecular flexibility index (Phi) is 4.05. The van der Waals surface area contributed by atoms with Gasteiger partial charge in [0.25, 0.3) is 0 Å². The van der Waals surface area contributed by atoms with E-state index in [-0.39, 0.29) is 11.9 Å². The number of rotatable bonds is 5. The summed E-state index contributed by atoms with van der Waals surface area (Å²) in [7, 11) is 3.40. The van der Waals surface area contributed by atoms with Gasteiger partial charge in [-0.2, -0.15) is 5.10 Å². The van der Waals surface area contributed by atoms with Gasteiger partial charge in [-0.05, 0) is 12.1 Å². The van der Waals surface area contributed by atoms with Crippen molar-refractivity contribution in [3.8, 4) is 0 Å². The zero-order valence-corrected chi connectivity index (χ0v) is 8.93. The summed E-state index contributed by atoms with van der Waals surface area (Å²) in [5, 5.41) is 6.80. The third-order valence-corrected chi connectivity index (χ3v) is 2.05. The van der Waals surface area contributed by atoms with Crippen molar-refractivity contribution in [2.45, 2.75) is 6.04 Å². The highest BCUT2D eigenvalue weighted by atomic mass is 16.5. The minimum Gasteiger partial charge on any atom is -0.382 e. The minimum atomic E-state index is -0.224. The van der Waals surface area contributed by atoms with E-state index in [9.17, 15) is 4.79 Å². The molecule has 0 bridgehead atoms. The Hall–Kier alpha value is -1.62. The molecule has 0 radical (unpaired) electrons. The summed E-state index contributed by atoms with van der Waals surface area (Å²) < 4.78 is 6.74. The number of nitrogens with one attached hydrogen (secondary N) is 1. The Labute approximate surface area is 88.7 Å². The first kappa shape index (κ1) is 11.5. The Morgan fingerprint density at radius 2 is 2.60 bits per heavy atom. The summed E-state index contributed by atoms with van der Waals surface area (Å²) in [4.78, 5) is 11.2. The van der Waals surface area contributed by atoms with Crippen molar-refractivity contribution in [2.75, 3.05) is 13.7 Å². The van der Waals surface area contributed by atoms with E-state index in [0.717, 1.165) is 5.69 Å². The van der Waals surface area contributed by atoms with E-state index in [1.165, 1.54) is 6.08 Å². The van der Waals surface area contributed by atoms with Gasteiger partial charge in [-0.25, -0.2) is 0 Å². The van der Waals surface area contributed by atoms with Crippen molar-refractivity contribution in [1.82, 2.24) is 15.1 Å². The smallest absolute Gasteiger partial charge is 0.243 e. The van der Waals surface area contributed by atoms with Crippen molar-refractivity contribution < 1.29 is 9.53 Å². The molecule has 1 aromatic heterocycles. The molecule has 1 aromatic rings. The second-order valence-electron chi connectivity index (χ2n) is 3.10. The van der Waals surface area contributed by atoms with E-state index in [2.05, 4.69) is 17.0 Å². The average Bonchev–Trinajstić information content (AvgIpc) is 2.63. The number of amides is 1. The molecule has 1 heterocycles. The number of aryl methyl sites for hydroxylation is 1. The van der Waals surface area contributed by atoms with Gasteiger partial charge in [0.15, 0.2) is 0 Å². The Morgan fingerprint density at radius 1 is 1.87 bits per heavy atom. The molecule has 15 heavy (non-hydrogen) atoms. The van der Waals surface area contributed by atoms with Crippen LogP contribution in [-0.2, 0) is 16.6 Å². The van der Waals surface area contributed by atoms with Crippen LogP contribution in [0.15, 0.2) is 24.9 Å². The number of carbonyl (C=O) groups excluding carboxylic acids is 1. The maximum absolute atomic E-state index is 11.2. The number of carbonyl (C=O) groups is 1. The van der Waals surface area contributed by atoms with Crippen LogP contribution < -0.4 is 5.32 Å². The van der Waals surface area contributed by atoms with E-state index in [1.54, 1.807) is 18.0 Å². The summed E-state index contributed by atoms with van der Waals surface area (Å²) in [5.41, 5.74) is 0.895. The lowest BCUT2D eigenvalue weighted by Crippen LogP contribution is -2.31. The molecular weight excluding hydrogens is 194 g/mol. The predicted molar refractivity (Wildman–Crippen MR) is 56.2 cm³/mol. The Bertz CT molecular complexity index is 346. The van der Waals surface area contributed by atoms with Crippen LogP contribution in [0.5, 0.6) is 0 Å². The summed E-state index contributed by atoms with van der Waals surface area (Å²) >= 11 is 0. The van der Waals surface area contributed by atoms with Crippen LogP contribution in [0.25, 0.3) is 0 Å². The van der Waals surface area contributed by atoms with Crippen LogP contribution in [0, 0.1) is 0 Å². The maximum atomic E-state index is 11.2. The van der Waals surface area contributed by atoms with Gasteiger partial charge in [-0.1, -0.05) is 6.58 Å². The third-order valence-electron chi connectivity index (χ3n) is 2.05. The summed E-state index contributed by atoms with van der Waals surface area (Å²) in [6.07, 6.45) is 2.91. The number of aromatic nitrogens is 2. The number of ether oxygens (including phenoxy) is 1. The molecule has 1 atom stereocenters. The molecule has 0 aliphatic heterocycles. The highest BCUT2D eigenvalue weighted by Gasteiger charge is 2.15. The van der Waals surface area contributed by atoms with Crippen LogP contribution >= 0.6 is 0 Å². The first-order valence-corrected chi connectivity index (χ1v) is 4.58. The molecular formula is C10H15N3O2. The molecule has 0 aliphatic carbocycles. The number of methoxy groups -OCH3 is 1. The minimum absolute atomic E-state index is 0.201. The van der Waals surface area contributed by atoms with Gasteiger partial charge in [-0.3, -0.25) is 9.48 Å². The van der Waals surface area contributed by atoms with Crippen LogP contribution in [0.2, 0.25) is 0 Å². The van der Waals surface area contributed by atoms with Crippen molar-refractivity contribution in [1.29, 1.82) is 0 Å². The monoisotopic (exact) mass is 209 g/mol. The zero-order valence-electron chi connectivity index (χ0n) is 8.93. The van der Waals surface area contributed by atoms with Gasteiger partial charge in [-0.15, -0.1) is 0 Å². The van der Waals surface area contributed by atoms with Gasteiger partial charge >= 0.3 is 0 Å². The lowest BCUT2D eigenvalue weighted by atomic mass is 10.2. The molecule has 0 aliphatic rings. The standard InChI is InChI=1S/C10H15N3O2/c1-4-10(14)12-8(7-15-3)9-5-6-11-13(9)2/h4-6,8H,1,7H2,2-3H3,(H,12,14). The van der Waals surface area contributed by atoms with Crippen LogP contribution in [0.3, 0.4) is 0 Å². The van der Waals surface area contributed by atoms with Crippen molar-refractivity contribution in [3.63, 3.8) is 0 Å². The Balaban J connectivity index is 2.78. The van der Waals surface area contributed by atoms with Gasteiger partial charge in [0.2, 0.25) is 5.91 Å². The fraction of sp³-hybridized carbons (Fsp3) is 0.400. The normalized spacial score (nSPS) is 12.1. The fourth-order valence-electron chi connectivity index (χ4n) is 1.32. The predicted octanol–water partition coefficient (Wildman–Crippen LogP) is 0.410. The van der Waals surface area contributed by atoms with Gasteiger partial charge in [0, 0.05) is 20.4 Å². The van der Waals surface area contributed by atoms with E-state index >= 15 is 0 Å². The molecule has 82 valence electrons. The van der Waals surface area contributed by atoms with Crippen LogP contribution in [-0.4, -0.2) is 29.4 Å². The largest absolute Gasteiger partial charge is 0.382 e. The highest BCUT2D eigenvalue weighted by molar-refractivity contribution is 5.87. The van der Waals surface area contributed by atoms with Crippen molar-refractivity contribution in [3.05, 3.63) is 30.6 Å². The molecule has 5 nitrogen and oxygen atoms in total. The Morgan fingerprint density at radius 3 is 3.07 bits per heavy atom. The number of nitrogens with zero attached hydrogens (tertiary/aromatic N) is 2. The molecule has 0 fully saturated rings. The second kappa shape index (κ2) is 5.31. The molecule has 1 rings (SSSR count). The van der Waals surface area contributed by atoms with Gasteiger partial charge in [0.05, 0.1) is 18.3 Å². The second-order valence-corrected chi connectivity index (χ2v) is 3.10. The first-order valence-electron chi connectivity index (χ1n) is 4.58. The molecule has 1 unspecified atom stereocenters. The lowest BCUT2D eigenvalue weighted by molar-refractivity contribution is -0.117. The average molecular weight is 209 g/mol. The quantitative estimate of drug-likeness (QED) is 0.714. The molecule has 1 amide bonds. The molecule has 0 saturated heterocycles. The topological polar surface area (TPSA) is 56.1 Å². The first-order chi connectivity index (χ1) is 7.19. The molecule has 1 N–H and O–H groups in total. The number of hydrogen-bond donors (Lipinski definition) is 1. The van der Waals surface area contributed by atoms with Gasteiger partial charge in [0.1, 0.15) is 0 Å². The van der Waals surface area contributed by atoms with E-state index in [4.69, 9.17) is 4.74 Å². The van der Waals surface area contributed by atoms with Crippen molar-refractivity contribution >= 4 is 5.91 Å². The maximum Gasteiger partial charge on any atom is 0.243 e. The van der Waals surface area contributed by atoms with Crippen molar-refractivity contribution in [2.24, 2.45) is 7.05 Å². The van der Waals surface area contributed by atoms with E-state index in [1.807, 2.05) is 13.1 Å². The van der Waals surface area contributed by atoms with Gasteiger partial charge < -0.3 is 10.1 Å². The summed E-state index contributed by atoms with van der Waals surface area (Å²) in [6, 6.07) is 1.64. The zero-order chi connectivity index (χ0) is 11.3. The summed E-state index contributed by atoms with van der Waals surface area (Å²) in [6.45, 7) is 3.80. The SMILES string of the molecule is C=CC(=O)NC(COC)c1ccnn1C. The highest BCUT2D eigenvalue weighted by Crippen LogP contribution is 2.11. The summed E-state index contributed by atoms with van der Waals surface area (Å²) in [5.74, 6) is -0.224. The third kappa shape index (κ3) is 2.92. The number of hydrogen-bond acceptors (Lipinski definition) is 3.